The van der Waals surface area contributed by atoms with Gasteiger partial charge in [-0.3, -0.25) is 4.79 Å². The lowest BCUT2D eigenvalue weighted by molar-refractivity contribution is -0.117. The van der Waals surface area contributed by atoms with Crippen molar-refractivity contribution in [3.63, 3.8) is 0 Å². The summed E-state index contributed by atoms with van der Waals surface area (Å²) >= 11 is 1.68. The molecule has 4 heteroatoms. The van der Waals surface area contributed by atoms with E-state index >= 15 is 0 Å². The highest BCUT2D eigenvalue weighted by Crippen LogP contribution is 2.58. The van der Waals surface area contributed by atoms with Crippen molar-refractivity contribution in [1.82, 2.24) is 0 Å². The molecule has 1 fully saturated rings. The van der Waals surface area contributed by atoms with Gasteiger partial charge in [0.2, 0.25) is 0 Å². The number of Topliss-reactive ketones (excluding diaryl/α,β-unsaturated/α-hetero) is 1. The summed E-state index contributed by atoms with van der Waals surface area (Å²) in [4.78, 5) is 16.7. The molecule has 2 heterocycles. The van der Waals surface area contributed by atoms with Crippen LogP contribution >= 0.6 is 11.8 Å². The second kappa shape index (κ2) is 8.05. The van der Waals surface area contributed by atoms with E-state index in [4.69, 9.17) is 0 Å². The first kappa shape index (κ1) is 20.2. The van der Waals surface area contributed by atoms with E-state index in [2.05, 4.69) is 67.3 Å². The molecule has 31 heavy (non-hydrogen) atoms. The van der Waals surface area contributed by atoms with Crippen LogP contribution in [-0.4, -0.2) is 11.8 Å². The van der Waals surface area contributed by atoms with Gasteiger partial charge < -0.3 is 4.90 Å². The molecule has 3 atom stereocenters. The van der Waals surface area contributed by atoms with Crippen LogP contribution in [0.3, 0.4) is 0 Å². The van der Waals surface area contributed by atoms with E-state index in [1.54, 1.807) is 11.8 Å². The van der Waals surface area contributed by atoms with Crippen LogP contribution in [0.1, 0.15) is 44.6 Å². The van der Waals surface area contributed by atoms with E-state index < -0.39 is 0 Å². The van der Waals surface area contributed by atoms with Crippen LogP contribution in [0.25, 0.3) is 0 Å². The van der Waals surface area contributed by atoms with Gasteiger partial charge in [-0.2, -0.15) is 5.26 Å². The molecule has 2 aliphatic heterocycles. The van der Waals surface area contributed by atoms with E-state index in [9.17, 15) is 10.1 Å². The lowest BCUT2D eigenvalue weighted by Gasteiger charge is -2.47. The van der Waals surface area contributed by atoms with Gasteiger partial charge in [0, 0.05) is 23.3 Å². The summed E-state index contributed by atoms with van der Waals surface area (Å²) in [5.74, 6) is 1.00. The first-order valence-electron chi connectivity index (χ1n) is 11.1. The minimum absolute atomic E-state index is 0.0137. The molecule has 156 valence electrons. The number of allylic oxidation sites excluding steroid dienone is 3. The maximum atomic E-state index is 13.2. The molecule has 0 unspecified atom stereocenters. The predicted octanol–water partition coefficient (Wildman–Crippen LogP) is 6.45. The molecule has 0 N–H and O–H groups in total. The van der Waals surface area contributed by atoms with Crippen LogP contribution < -0.4 is 4.90 Å². The molecular formula is C27H26N2OS. The van der Waals surface area contributed by atoms with E-state index in [1.807, 2.05) is 18.2 Å². The zero-order valence-electron chi connectivity index (χ0n) is 17.9. The fourth-order valence-electron chi connectivity index (χ4n) is 5.23. The highest BCUT2D eigenvalue weighted by atomic mass is 32.2. The number of carbonyl (C=O) groups is 1. The number of carbonyl (C=O) groups excluding carboxylic acids is 1. The molecule has 2 aromatic carbocycles. The number of fused-ring (bicyclic) bond motifs is 5. The smallest absolute Gasteiger partial charge is 0.160 e. The summed E-state index contributed by atoms with van der Waals surface area (Å²) in [6.07, 6.45) is 4.32. The second-order valence-corrected chi connectivity index (χ2v) is 10.1. The molecule has 5 rings (SSSR count). The van der Waals surface area contributed by atoms with Crippen LogP contribution in [-0.2, 0) is 4.79 Å². The Morgan fingerprint density at radius 1 is 1.13 bits per heavy atom. The Hall–Kier alpha value is -2.77. The zero-order chi connectivity index (χ0) is 21.5. The third-order valence-corrected chi connectivity index (χ3v) is 7.84. The highest BCUT2D eigenvalue weighted by Gasteiger charge is 2.50. The Balaban J connectivity index is 1.66. The fourth-order valence-corrected chi connectivity index (χ4v) is 6.47. The van der Waals surface area contributed by atoms with Crippen molar-refractivity contribution in [3.05, 3.63) is 82.4 Å². The number of benzene rings is 2. The summed E-state index contributed by atoms with van der Waals surface area (Å²) < 4.78 is 0. The lowest BCUT2D eigenvalue weighted by Crippen LogP contribution is -2.49. The Labute approximate surface area is 188 Å². The van der Waals surface area contributed by atoms with Gasteiger partial charge in [-0.15, -0.1) is 0 Å². The molecule has 0 amide bonds. The quantitative estimate of drug-likeness (QED) is 0.529. The minimum Gasteiger partial charge on any atom is -0.330 e. The Morgan fingerprint density at radius 2 is 1.87 bits per heavy atom. The van der Waals surface area contributed by atoms with E-state index in [1.165, 1.54) is 10.5 Å². The van der Waals surface area contributed by atoms with Crippen molar-refractivity contribution in [2.24, 2.45) is 11.8 Å². The second-order valence-electron chi connectivity index (χ2n) is 9.08. The third-order valence-electron chi connectivity index (χ3n) is 6.67. The summed E-state index contributed by atoms with van der Waals surface area (Å²) in [7, 11) is 0. The van der Waals surface area contributed by atoms with Crippen molar-refractivity contribution in [1.29, 1.82) is 5.26 Å². The van der Waals surface area contributed by atoms with Crippen LogP contribution in [0.15, 0.2) is 81.7 Å². The van der Waals surface area contributed by atoms with Crippen LogP contribution in [0, 0.1) is 23.2 Å². The van der Waals surface area contributed by atoms with Gasteiger partial charge in [-0.25, -0.2) is 0 Å². The van der Waals surface area contributed by atoms with Gasteiger partial charge in [0.25, 0.3) is 0 Å². The summed E-state index contributed by atoms with van der Waals surface area (Å²) in [6, 6.07) is 21.4. The number of rotatable bonds is 3. The monoisotopic (exact) mass is 426 g/mol. The lowest BCUT2D eigenvalue weighted by atomic mass is 9.66. The van der Waals surface area contributed by atoms with E-state index in [0.29, 0.717) is 12.3 Å². The van der Waals surface area contributed by atoms with Gasteiger partial charge >= 0.3 is 0 Å². The molecule has 0 bridgehead atoms. The minimum atomic E-state index is 0.0137. The number of nitrogens with zero attached hydrogens (tertiary/aromatic N) is 2. The maximum absolute atomic E-state index is 13.2. The van der Waals surface area contributed by atoms with Crippen LogP contribution in [0.4, 0.5) is 5.69 Å². The van der Waals surface area contributed by atoms with Crippen molar-refractivity contribution >= 4 is 23.2 Å². The Morgan fingerprint density at radius 3 is 2.61 bits per heavy atom. The number of hydrogen-bond donors (Lipinski definition) is 0. The number of anilines is 1. The number of thioether (sulfide) groups is 1. The molecule has 2 aromatic rings. The number of nitriles is 1. The average molecular weight is 427 g/mol. The maximum Gasteiger partial charge on any atom is 0.160 e. The van der Waals surface area contributed by atoms with Crippen molar-refractivity contribution < 1.29 is 4.79 Å². The summed E-state index contributed by atoms with van der Waals surface area (Å²) in [5, 5.41) is 11.3. The van der Waals surface area contributed by atoms with Crippen molar-refractivity contribution in [2.75, 3.05) is 4.90 Å². The molecule has 3 aliphatic rings. The van der Waals surface area contributed by atoms with Crippen molar-refractivity contribution in [2.45, 2.75) is 50.0 Å². The number of para-hydroxylation sites is 1. The average Bonchev–Trinajstić information content (AvgIpc) is 3.17. The van der Waals surface area contributed by atoms with E-state index in [-0.39, 0.29) is 23.7 Å². The van der Waals surface area contributed by atoms with Gasteiger partial charge in [0.1, 0.15) is 0 Å². The normalized spacial score (nSPS) is 26.0. The summed E-state index contributed by atoms with van der Waals surface area (Å²) in [5.41, 5.74) is 4.11. The van der Waals surface area contributed by atoms with Gasteiger partial charge in [-0.1, -0.05) is 74.1 Å². The standard InChI is InChI=1S/C27H26N2OS/c1-17(2)12-13-19-14-20-23(15-24(19)30)29-22-10-6-7-11-25(22)31-27(29)21(16-28)26(20)18-8-4-3-5-9-18/h3-11,13,17,20,23,26H,12,14-15H2,1-2H3/b19-13-/t20-,23+,26-/m0/s1. The highest BCUT2D eigenvalue weighted by molar-refractivity contribution is 8.03. The van der Waals surface area contributed by atoms with Gasteiger partial charge in [0.05, 0.1) is 22.4 Å². The fraction of sp³-hybridized carbons (Fsp3) is 0.333. The number of ketones is 1. The molecule has 0 radical (unpaired) electrons. The first-order chi connectivity index (χ1) is 15.1. The summed E-state index contributed by atoms with van der Waals surface area (Å²) in [6.45, 7) is 4.36. The molecule has 3 nitrogen and oxygen atoms in total. The SMILES string of the molecule is CC(C)C/C=C1/C[C@H]2[C@@H](CC1=O)N1C(=C(C#N)[C@H]2c2ccccc2)Sc2ccccc21. The first-order valence-corrected chi connectivity index (χ1v) is 11.9. The third kappa shape index (κ3) is 3.42. The van der Waals surface area contributed by atoms with Crippen LogP contribution in [0.2, 0.25) is 0 Å². The molecule has 0 saturated heterocycles. The zero-order valence-corrected chi connectivity index (χ0v) is 18.7. The van der Waals surface area contributed by atoms with Gasteiger partial charge in [0.15, 0.2) is 5.78 Å². The van der Waals surface area contributed by atoms with Gasteiger partial charge in [-0.05, 0) is 47.9 Å². The Kier molecular flexibility index (Phi) is 5.24. The molecule has 1 saturated carbocycles. The molecule has 0 aromatic heterocycles. The topological polar surface area (TPSA) is 44.1 Å². The number of hydrogen-bond acceptors (Lipinski definition) is 4. The van der Waals surface area contributed by atoms with E-state index in [0.717, 1.165) is 34.7 Å². The Bertz CT molecular complexity index is 1130. The molecular weight excluding hydrogens is 400 g/mol. The van der Waals surface area contributed by atoms with Crippen molar-refractivity contribution in [3.8, 4) is 6.07 Å². The van der Waals surface area contributed by atoms with Crippen LogP contribution in [0.5, 0.6) is 0 Å². The molecule has 0 spiro atoms. The largest absolute Gasteiger partial charge is 0.330 e. The predicted molar refractivity (Wildman–Crippen MR) is 126 cm³/mol. The molecule has 1 aliphatic carbocycles.